The maximum Gasteiger partial charge on any atom is 0.0824 e. The highest BCUT2D eigenvalue weighted by atomic mass is 16.5. The molecule has 78 valence electrons. The van der Waals surface area contributed by atoms with Crippen molar-refractivity contribution < 1.29 is 9.84 Å². The van der Waals surface area contributed by atoms with Crippen LogP contribution >= 0.6 is 0 Å². The molecule has 0 spiro atoms. The maximum absolute atomic E-state index is 9.27. The first kappa shape index (κ1) is 10.9. The van der Waals surface area contributed by atoms with E-state index < -0.39 is 0 Å². The molecule has 1 saturated heterocycles. The van der Waals surface area contributed by atoms with Gasteiger partial charge in [0.2, 0.25) is 0 Å². The topological polar surface area (TPSA) is 58.7 Å². The van der Waals surface area contributed by atoms with E-state index in [-0.39, 0.29) is 12.2 Å². The van der Waals surface area contributed by atoms with Gasteiger partial charge in [-0.3, -0.25) is 4.90 Å². The van der Waals surface area contributed by atoms with Crippen LogP contribution in [0.15, 0.2) is 0 Å². The summed E-state index contributed by atoms with van der Waals surface area (Å²) in [5, 5.41) is 9.27. The third kappa shape index (κ3) is 3.23. The van der Waals surface area contributed by atoms with Crippen LogP contribution in [0.5, 0.6) is 0 Å². The van der Waals surface area contributed by atoms with Gasteiger partial charge in [-0.05, 0) is 13.8 Å². The van der Waals surface area contributed by atoms with Crippen LogP contribution in [0.4, 0.5) is 0 Å². The zero-order valence-corrected chi connectivity index (χ0v) is 8.44. The lowest BCUT2D eigenvalue weighted by Gasteiger charge is -2.38. The van der Waals surface area contributed by atoms with Crippen molar-refractivity contribution in [3.05, 3.63) is 0 Å². The van der Waals surface area contributed by atoms with Gasteiger partial charge in [0, 0.05) is 25.7 Å². The Balaban J connectivity index is 2.40. The number of β-amino-alcohol motifs (C(OH)–C–C–N with tert-alkyl or cyclic N) is 1. The Morgan fingerprint density at radius 2 is 2.38 bits per heavy atom. The van der Waals surface area contributed by atoms with Gasteiger partial charge >= 0.3 is 0 Å². The van der Waals surface area contributed by atoms with Crippen LogP contribution in [0.1, 0.15) is 13.8 Å². The lowest BCUT2D eigenvalue weighted by atomic mass is 10.2. The third-order valence-electron chi connectivity index (χ3n) is 2.40. The van der Waals surface area contributed by atoms with Gasteiger partial charge in [0.05, 0.1) is 18.8 Å². The van der Waals surface area contributed by atoms with Crippen LogP contribution in [0.3, 0.4) is 0 Å². The highest BCUT2D eigenvalue weighted by Crippen LogP contribution is 2.11. The molecule has 3 unspecified atom stereocenters. The molecule has 1 heterocycles. The molecule has 4 heteroatoms. The summed E-state index contributed by atoms with van der Waals surface area (Å²) < 4.78 is 5.50. The molecule has 3 atom stereocenters. The fourth-order valence-corrected chi connectivity index (χ4v) is 1.61. The van der Waals surface area contributed by atoms with Gasteiger partial charge < -0.3 is 15.6 Å². The van der Waals surface area contributed by atoms with Crippen LogP contribution in [0, 0.1) is 0 Å². The number of ether oxygens (including phenoxy) is 1. The van der Waals surface area contributed by atoms with E-state index >= 15 is 0 Å². The van der Waals surface area contributed by atoms with Crippen molar-refractivity contribution in [1.29, 1.82) is 0 Å². The highest BCUT2D eigenvalue weighted by Gasteiger charge is 2.25. The average Bonchev–Trinajstić information content (AvgIpc) is 2.08. The van der Waals surface area contributed by atoms with E-state index in [1.807, 2.05) is 0 Å². The molecule has 0 aromatic heterocycles. The summed E-state index contributed by atoms with van der Waals surface area (Å²) >= 11 is 0. The maximum atomic E-state index is 9.27. The molecule has 1 fully saturated rings. The molecule has 0 aliphatic carbocycles. The van der Waals surface area contributed by atoms with Gasteiger partial charge in [-0.2, -0.15) is 0 Å². The summed E-state index contributed by atoms with van der Waals surface area (Å²) in [6, 6.07) is 0.386. The number of hydrogen-bond donors (Lipinski definition) is 2. The van der Waals surface area contributed by atoms with Crippen molar-refractivity contribution >= 4 is 0 Å². The van der Waals surface area contributed by atoms with Gasteiger partial charge in [-0.1, -0.05) is 0 Å². The predicted octanol–water partition coefficient (Wildman–Crippen LogP) is -0.585. The number of nitrogens with zero attached hydrogens (tertiary/aromatic N) is 1. The van der Waals surface area contributed by atoms with Crippen molar-refractivity contribution in [1.82, 2.24) is 4.90 Å². The van der Waals surface area contributed by atoms with Crippen molar-refractivity contribution in [2.75, 3.05) is 26.2 Å². The smallest absolute Gasteiger partial charge is 0.0824 e. The van der Waals surface area contributed by atoms with E-state index in [9.17, 15) is 5.11 Å². The zero-order chi connectivity index (χ0) is 9.84. The van der Waals surface area contributed by atoms with Crippen LogP contribution in [0.2, 0.25) is 0 Å². The molecular formula is C9H20N2O2. The van der Waals surface area contributed by atoms with Gasteiger partial charge in [-0.15, -0.1) is 0 Å². The zero-order valence-electron chi connectivity index (χ0n) is 8.44. The van der Waals surface area contributed by atoms with E-state index in [0.717, 1.165) is 6.54 Å². The summed E-state index contributed by atoms with van der Waals surface area (Å²) in [4.78, 5) is 2.23. The van der Waals surface area contributed by atoms with Gasteiger partial charge in [0.15, 0.2) is 0 Å². The van der Waals surface area contributed by atoms with Gasteiger partial charge in [-0.25, -0.2) is 0 Å². The first-order valence-electron chi connectivity index (χ1n) is 4.87. The number of aliphatic hydroxyl groups excluding tert-OH is 1. The van der Waals surface area contributed by atoms with E-state index in [0.29, 0.717) is 25.7 Å². The summed E-state index contributed by atoms with van der Waals surface area (Å²) in [6.07, 6.45) is -0.145. The first-order valence-corrected chi connectivity index (χ1v) is 4.87. The molecule has 1 aliphatic rings. The molecule has 1 aliphatic heterocycles. The summed E-state index contributed by atoms with van der Waals surface area (Å²) in [6.45, 7) is 6.73. The van der Waals surface area contributed by atoms with E-state index in [1.165, 1.54) is 0 Å². The molecule has 0 saturated carbocycles. The number of rotatable bonds is 3. The summed E-state index contributed by atoms with van der Waals surface area (Å²) in [7, 11) is 0. The quantitative estimate of drug-likeness (QED) is 0.622. The minimum Gasteiger partial charge on any atom is -0.392 e. The monoisotopic (exact) mass is 188 g/mol. The predicted molar refractivity (Wildman–Crippen MR) is 51.5 cm³/mol. The number of hydrogen-bond acceptors (Lipinski definition) is 4. The Hall–Kier alpha value is -0.160. The molecule has 1 rings (SSSR count). The molecule has 0 radical (unpaired) electrons. The molecule has 0 bridgehead atoms. The van der Waals surface area contributed by atoms with Crippen LogP contribution < -0.4 is 5.73 Å². The second-order valence-corrected chi connectivity index (χ2v) is 3.84. The minimum absolute atomic E-state index is 0.134. The minimum atomic E-state index is -0.279. The Kier molecular flexibility index (Phi) is 4.12. The molecule has 0 amide bonds. The number of aliphatic hydroxyl groups is 1. The molecule has 3 N–H and O–H groups in total. The van der Waals surface area contributed by atoms with Crippen molar-refractivity contribution in [2.24, 2.45) is 5.73 Å². The standard InChI is InChI=1S/C9H20N2O2/c1-7-6-13-9(3-10)5-11(7)4-8(2)12/h7-9,12H,3-6,10H2,1-2H3. The fraction of sp³-hybridized carbons (Fsp3) is 1.00. The number of morpholine rings is 1. The Labute approximate surface area is 79.7 Å². The Morgan fingerprint density at radius 1 is 1.69 bits per heavy atom. The normalized spacial score (nSPS) is 33.2. The third-order valence-corrected chi connectivity index (χ3v) is 2.40. The van der Waals surface area contributed by atoms with E-state index in [1.54, 1.807) is 6.92 Å². The molecule has 0 aromatic rings. The Bertz CT molecular complexity index is 153. The lowest BCUT2D eigenvalue weighted by Crippen LogP contribution is -2.52. The van der Waals surface area contributed by atoms with E-state index in [4.69, 9.17) is 10.5 Å². The molecule has 0 aromatic carbocycles. The van der Waals surface area contributed by atoms with Crippen molar-refractivity contribution in [3.8, 4) is 0 Å². The lowest BCUT2D eigenvalue weighted by molar-refractivity contribution is -0.0636. The Morgan fingerprint density at radius 3 is 2.92 bits per heavy atom. The SMILES string of the molecule is CC(O)CN1CC(CN)OCC1C. The van der Waals surface area contributed by atoms with Crippen molar-refractivity contribution in [2.45, 2.75) is 32.1 Å². The molecular weight excluding hydrogens is 168 g/mol. The van der Waals surface area contributed by atoms with Gasteiger partial charge in [0.25, 0.3) is 0 Å². The largest absolute Gasteiger partial charge is 0.392 e. The highest BCUT2D eigenvalue weighted by molar-refractivity contribution is 4.78. The first-order chi connectivity index (χ1) is 6.13. The van der Waals surface area contributed by atoms with E-state index in [2.05, 4.69) is 11.8 Å². The average molecular weight is 188 g/mol. The fourth-order valence-electron chi connectivity index (χ4n) is 1.61. The van der Waals surface area contributed by atoms with Gasteiger partial charge in [0.1, 0.15) is 0 Å². The molecule has 13 heavy (non-hydrogen) atoms. The van der Waals surface area contributed by atoms with Crippen LogP contribution in [-0.2, 0) is 4.74 Å². The molecule has 4 nitrogen and oxygen atoms in total. The second kappa shape index (κ2) is 4.91. The van der Waals surface area contributed by atoms with Crippen LogP contribution in [-0.4, -0.2) is 54.5 Å². The summed E-state index contributed by atoms with van der Waals surface area (Å²) in [5.41, 5.74) is 5.53. The van der Waals surface area contributed by atoms with Crippen molar-refractivity contribution in [3.63, 3.8) is 0 Å². The summed E-state index contributed by atoms with van der Waals surface area (Å²) in [5.74, 6) is 0. The second-order valence-electron chi connectivity index (χ2n) is 3.84. The number of nitrogens with two attached hydrogens (primary N) is 1. The van der Waals surface area contributed by atoms with Crippen LogP contribution in [0.25, 0.3) is 0 Å².